The van der Waals surface area contributed by atoms with E-state index >= 15 is 0 Å². The maximum Gasteiger partial charge on any atom is 0.243 e. The molecule has 8 heteroatoms. The molecule has 1 unspecified atom stereocenters. The molecule has 2 aliphatic heterocycles. The van der Waals surface area contributed by atoms with Crippen molar-refractivity contribution in [3.8, 4) is 0 Å². The van der Waals surface area contributed by atoms with Gasteiger partial charge >= 0.3 is 0 Å². The number of thiazole rings is 1. The molecule has 2 aromatic rings. The summed E-state index contributed by atoms with van der Waals surface area (Å²) in [6.07, 6.45) is 4.12. The van der Waals surface area contributed by atoms with E-state index < -0.39 is 10.0 Å². The van der Waals surface area contributed by atoms with Crippen molar-refractivity contribution in [1.82, 2.24) is 19.1 Å². The second kappa shape index (κ2) is 7.56. The van der Waals surface area contributed by atoms with Gasteiger partial charge in [-0.3, -0.25) is 0 Å². The van der Waals surface area contributed by atoms with Crippen LogP contribution in [0.2, 0.25) is 0 Å². The number of sulfonamides is 1. The molecule has 29 heavy (non-hydrogen) atoms. The summed E-state index contributed by atoms with van der Waals surface area (Å²) in [6, 6.07) is 5.26. The highest BCUT2D eigenvalue weighted by Gasteiger charge is 2.36. The van der Waals surface area contributed by atoms with Gasteiger partial charge in [0.05, 0.1) is 27.3 Å². The van der Waals surface area contributed by atoms with E-state index in [-0.39, 0.29) is 11.3 Å². The Morgan fingerprint density at radius 3 is 2.83 bits per heavy atom. The van der Waals surface area contributed by atoms with Crippen LogP contribution in [0.5, 0.6) is 0 Å². The van der Waals surface area contributed by atoms with E-state index in [2.05, 4.69) is 48.8 Å². The van der Waals surface area contributed by atoms with Crippen LogP contribution in [-0.4, -0.2) is 60.9 Å². The van der Waals surface area contributed by atoms with Crippen LogP contribution >= 0.6 is 11.3 Å². The predicted octanol–water partition coefficient (Wildman–Crippen LogP) is 3.79. The quantitative estimate of drug-likeness (QED) is 0.733. The molecule has 4 rings (SSSR count). The number of hydrogen-bond acceptors (Lipinski definition) is 6. The van der Waals surface area contributed by atoms with Crippen molar-refractivity contribution in [2.24, 2.45) is 11.3 Å². The fraction of sp³-hybridized carbons (Fsp3) is 0.571. The molecule has 0 saturated carbocycles. The Kier molecular flexibility index (Phi) is 5.38. The number of nitrogens with zero attached hydrogens (tertiary/aromatic N) is 4. The van der Waals surface area contributed by atoms with E-state index in [1.165, 1.54) is 17.0 Å². The first-order valence-corrected chi connectivity index (χ1v) is 12.5. The van der Waals surface area contributed by atoms with E-state index in [0.717, 1.165) is 36.3 Å². The summed E-state index contributed by atoms with van der Waals surface area (Å²) in [4.78, 5) is 9.25. The molecule has 2 aliphatic rings. The fourth-order valence-electron chi connectivity index (χ4n) is 4.32. The zero-order valence-corrected chi connectivity index (χ0v) is 19.3. The minimum absolute atomic E-state index is 0.189. The highest BCUT2D eigenvalue weighted by Crippen LogP contribution is 2.34. The van der Waals surface area contributed by atoms with Gasteiger partial charge in [0.1, 0.15) is 0 Å². The molecule has 3 heterocycles. The second-order valence-electron chi connectivity index (χ2n) is 9.40. The molecule has 0 aliphatic carbocycles. The monoisotopic (exact) mass is 434 g/mol. The molecule has 0 spiro atoms. The maximum atomic E-state index is 13.4. The van der Waals surface area contributed by atoms with Gasteiger partial charge in [0, 0.05) is 44.5 Å². The number of hydrogen-bond donors (Lipinski definition) is 0. The Morgan fingerprint density at radius 1 is 1.28 bits per heavy atom. The van der Waals surface area contributed by atoms with Crippen LogP contribution in [-0.2, 0) is 10.0 Å². The van der Waals surface area contributed by atoms with Crippen LogP contribution in [0.3, 0.4) is 0 Å². The van der Waals surface area contributed by atoms with E-state index in [1.807, 2.05) is 0 Å². The number of aromatic nitrogens is 1. The molecule has 1 saturated heterocycles. The van der Waals surface area contributed by atoms with E-state index in [4.69, 9.17) is 0 Å². The third-order valence-electron chi connectivity index (χ3n) is 5.52. The minimum Gasteiger partial charge on any atom is -0.361 e. The van der Waals surface area contributed by atoms with Crippen molar-refractivity contribution < 1.29 is 8.42 Å². The molecule has 0 radical (unpaired) electrons. The van der Waals surface area contributed by atoms with E-state index in [1.54, 1.807) is 28.0 Å². The van der Waals surface area contributed by atoms with Gasteiger partial charge < -0.3 is 9.80 Å². The third kappa shape index (κ3) is 4.29. The summed E-state index contributed by atoms with van der Waals surface area (Å²) in [5, 5.41) is 0. The Hall–Kier alpha value is -1.64. The van der Waals surface area contributed by atoms with Crippen molar-refractivity contribution >= 4 is 31.6 Å². The summed E-state index contributed by atoms with van der Waals surface area (Å²) >= 11 is 1.48. The lowest BCUT2D eigenvalue weighted by Crippen LogP contribution is -2.43. The van der Waals surface area contributed by atoms with Gasteiger partial charge in [-0.15, -0.1) is 11.3 Å². The summed E-state index contributed by atoms with van der Waals surface area (Å²) in [5.74, 6) is 0.234. The Balaban J connectivity index is 1.56. The lowest BCUT2D eigenvalue weighted by Gasteiger charge is -2.37. The number of piperidine rings is 1. The molecular weight excluding hydrogens is 404 g/mol. The Morgan fingerprint density at radius 2 is 2.07 bits per heavy atom. The van der Waals surface area contributed by atoms with Gasteiger partial charge in [-0.05, 0) is 36.5 Å². The lowest BCUT2D eigenvalue weighted by atomic mass is 9.92. The SMILES string of the molecule is CN1C=C(C2CCCN(S(=O)(=O)c3ccc4ncsc4c3)C2)N(CC(C)(C)C)C1. The largest absolute Gasteiger partial charge is 0.361 e. The van der Waals surface area contributed by atoms with Gasteiger partial charge in [0.2, 0.25) is 10.0 Å². The number of fused-ring (bicyclic) bond motifs is 1. The average molecular weight is 435 g/mol. The maximum absolute atomic E-state index is 13.4. The summed E-state index contributed by atoms with van der Waals surface area (Å²) in [7, 11) is -1.42. The Bertz CT molecular complexity index is 1020. The van der Waals surface area contributed by atoms with Crippen LogP contribution in [0.15, 0.2) is 40.5 Å². The summed E-state index contributed by atoms with van der Waals surface area (Å²) in [5.41, 5.74) is 4.07. The number of benzene rings is 1. The molecular formula is C21H30N4O2S2. The molecule has 1 aromatic heterocycles. The van der Waals surface area contributed by atoms with Gasteiger partial charge in [-0.25, -0.2) is 13.4 Å². The Labute approximate surface area is 177 Å². The zero-order chi connectivity index (χ0) is 20.8. The topological polar surface area (TPSA) is 56.8 Å². The molecule has 1 aromatic carbocycles. The van der Waals surface area contributed by atoms with Crippen LogP contribution in [0, 0.1) is 11.3 Å². The molecule has 1 fully saturated rings. The average Bonchev–Trinajstić information content (AvgIpc) is 3.26. The first-order chi connectivity index (χ1) is 13.6. The normalized spacial score (nSPS) is 21.8. The smallest absolute Gasteiger partial charge is 0.243 e. The zero-order valence-electron chi connectivity index (χ0n) is 17.6. The highest BCUT2D eigenvalue weighted by atomic mass is 32.2. The number of rotatable bonds is 4. The van der Waals surface area contributed by atoms with Crippen molar-refractivity contribution in [3.63, 3.8) is 0 Å². The van der Waals surface area contributed by atoms with Gasteiger partial charge in [0.15, 0.2) is 0 Å². The van der Waals surface area contributed by atoms with Gasteiger partial charge in [-0.1, -0.05) is 20.8 Å². The predicted molar refractivity (Wildman–Crippen MR) is 118 cm³/mol. The molecule has 0 N–H and O–H groups in total. The van der Waals surface area contributed by atoms with E-state index in [9.17, 15) is 8.42 Å². The molecule has 1 atom stereocenters. The third-order valence-corrected chi connectivity index (χ3v) is 8.17. The first kappa shape index (κ1) is 20.6. The highest BCUT2D eigenvalue weighted by molar-refractivity contribution is 7.89. The fourth-order valence-corrected chi connectivity index (χ4v) is 6.67. The van der Waals surface area contributed by atoms with Crippen LogP contribution < -0.4 is 0 Å². The van der Waals surface area contributed by atoms with Crippen molar-refractivity contribution in [2.45, 2.75) is 38.5 Å². The van der Waals surface area contributed by atoms with Crippen LogP contribution in [0.1, 0.15) is 33.6 Å². The van der Waals surface area contributed by atoms with Crippen molar-refractivity contribution in [2.75, 3.05) is 33.4 Å². The lowest BCUT2D eigenvalue weighted by molar-refractivity contribution is 0.177. The first-order valence-electron chi connectivity index (χ1n) is 10.1. The van der Waals surface area contributed by atoms with Crippen LogP contribution in [0.4, 0.5) is 0 Å². The minimum atomic E-state index is -3.51. The van der Waals surface area contributed by atoms with Gasteiger partial charge in [0.25, 0.3) is 0 Å². The van der Waals surface area contributed by atoms with E-state index in [0.29, 0.717) is 18.0 Å². The molecule has 158 valence electrons. The van der Waals surface area contributed by atoms with Gasteiger partial charge in [-0.2, -0.15) is 4.31 Å². The second-order valence-corrected chi connectivity index (χ2v) is 12.2. The van der Waals surface area contributed by atoms with Crippen molar-refractivity contribution in [1.29, 1.82) is 0 Å². The summed E-state index contributed by atoms with van der Waals surface area (Å²) < 4.78 is 29.3. The van der Waals surface area contributed by atoms with Crippen LogP contribution in [0.25, 0.3) is 10.2 Å². The molecule has 0 bridgehead atoms. The molecule has 0 amide bonds. The summed E-state index contributed by atoms with van der Waals surface area (Å²) in [6.45, 7) is 9.71. The standard InChI is InChI=1S/C21H30N4O2S2/c1-21(2,3)13-24-15-23(4)12-19(24)16-6-5-9-25(11-16)29(26,27)17-7-8-18-20(10-17)28-14-22-18/h7-8,10,12,14,16H,5-6,9,11,13,15H2,1-4H3. The molecule has 6 nitrogen and oxygen atoms in total. The van der Waals surface area contributed by atoms with Crippen molar-refractivity contribution in [3.05, 3.63) is 35.6 Å².